The second-order valence-electron chi connectivity index (χ2n) is 5.94. The Morgan fingerprint density at radius 1 is 1.36 bits per heavy atom. The minimum absolute atomic E-state index is 0.0654. The number of fused-ring (bicyclic) bond motifs is 1. The highest BCUT2D eigenvalue weighted by atomic mass is 35.5. The molecule has 0 atom stereocenters. The molecule has 3 aromatic heterocycles. The maximum Gasteiger partial charge on any atom is 0.288 e. The van der Waals surface area contributed by atoms with Gasteiger partial charge >= 0.3 is 0 Å². The Kier molecular flexibility index (Phi) is 4.84. The van der Waals surface area contributed by atoms with Crippen molar-refractivity contribution in [3.8, 4) is 11.3 Å². The van der Waals surface area contributed by atoms with Crippen molar-refractivity contribution >= 4 is 56.8 Å². The molecule has 0 spiro atoms. The van der Waals surface area contributed by atoms with Crippen LogP contribution in [-0.4, -0.2) is 20.1 Å². The average Bonchev–Trinajstić information content (AvgIpc) is 3.36. The lowest BCUT2D eigenvalue weighted by atomic mass is 10.1. The van der Waals surface area contributed by atoms with Gasteiger partial charge in [-0.25, -0.2) is 4.98 Å². The summed E-state index contributed by atoms with van der Waals surface area (Å²) < 4.78 is 1.88. The number of rotatable bonds is 5. The summed E-state index contributed by atoms with van der Waals surface area (Å²) in [7, 11) is 0. The van der Waals surface area contributed by atoms with Crippen LogP contribution in [0.5, 0.6) is 0 Å². The number of aromatic nitrogens is 2. The smallest absolute Gasteiger partial charge is 0.288 e. The zero-order valence-electron chi connectivity index (χ0n) is 14.5. The topological polar surface area (TPSA) is 77.5 Å². The molecule has 0 bridgehead atoms. The molecule has 0 fully saturated rings. The lowest BCUT2D eigenvalue weighted by Gasteiger charge is -2.02. The number of nitrogens with zero attached hydrogens (tertiary/aromatic N) is 3. The Labute approximate surface area is 172 Å². The van der Waals surface area contributed by atoms with Crippen LogP contribution in [0, 0.1) is 17.0 Å². The minimum atomic E-state index is -0.524. The van der Waals surface area contributed by atoms with Gasteiger partial charge in [-0.3, -0.25) is 19.3 Å². The van der Waals surface area contributed by atoms with E-state index < -0.39 is 4.92 Å². The number of carbonyl (C=O) groups excluding carboxylic acids is 1. The van der Waals surface area contributed by atoms with E-state index >= 15 is 0 Å². The first-order chi connectivity index (χ1) is 13.4. The number of nitro benzene ring substituents is 1. The van der Waals surface area contributed by atoms with Gasteiger partial charge in [0.25, 0.3) is 5.69 Å². The van der Waals surface area contributed by atoms with E-state index in [1.165, 1.54) is 40.9 Å². The van der Waals surface area contributed by atoms with Gasteiger partial charge < -0.3 is 0 Å². The summed E-state index contributed by atoms with van der Waals surface area (Å²) in [6, 6.07) is 8.16. The highest BCUT2D eigenvalue weighted by Crippen LogP contribution is 2.34. The van der Waals surface area contributed by atoms with Crippen LogP contribution in [0.3, 0.4) is 0 Å². The molecule has 0 saturated heterocycles. The van der Waals surface area contributed by atoms with Crippen LogP contribution >= 0.6 is 34.3 Å². The molecule has 0 N–H and O–H groups in total. The van der Waals surface area contributed by atoms with E-state index in [0.717, 1.165) is 9.84 Å². The molecule has 4 aromatic rings. The third-order valence-electron chi connectivity index (χ3n) is 4.05. The molecule has 0 aliphatic carbocycles. The van der Waals surface area contributed by atoms with Crippen LogP contribution in [0.2, 0.25) is 5.02 Å². The number of thiazole rings is 1. The van der Waals surface area contributed by atoms with Crippen molar-refractivity contribution in [2.45, 2.75) is 6.92 Å². The van der Waals surface area contributed by atoms with Crippen molar-refractivity contribution in [1.29, 1.82) is 0 Å². The quantitative estimate of drug-likeness (QED) is 0.171. The molecule has 3 heterocycles. The van der Waals surface area contributed by atoms with Crippen molar-refractivity contribution in [3.05, 3.63) is 78.6 Å². The van der Waals surface area contributed by atoms with Crippen LogP contribution in [-0.2, 0) is 0 Å². The van der Waals surface area contributed by atoms with Gasteiger partial charge in [0.15, 0.2) is 10.7 Å². The van der Waals surface area contributed by atoms with Crippen molar-refractivity contribution < 1.29 is 9.72 Å². The number of aryl methyl sites for hydroxylation is 1. The first-order valence-corrected chi connectivity index (χ1v) is 10.2. The molecule has 0 saturated carbocycles. The fourth-order valence-corrected chi connectivity index (χ4v) is 4.46. The largest absolute Gasteiger partial charge is 0.290 e. The molecule has 140 valence electrons. The van der Waals surface area contributed by atoms with Gasteiger partial charge in [-0.1, -0.05) is 23.7 Å². The van der Waals surface area contributed by atoms with Gasteiger partial charge in [0, 0.05) is 22.7 Å². The molecule has 0 aliphatic heterocycles. The fourth-order valence-electron chi connectivity index (χ4n) is 2.80. The highest BCUT2D eigenvalue weighted by Gasteiger charge is 2.19. The Bertz CT molecular complexity index is 1240. The number of hydrogen-bond donors (Lipinski definition) is 0. The van der Waals surface area contributed by atoms with Gasteiger partial charge in [0.1, 0.15) is 5.02 Å². The fraction of sp³-hybridized carbons (Fsp3) is 0.0526. The van der Waals surface area contributed by atoms with E-state index in [1.54, 1.807) is 18.2 Å². The molecule has 4 rings (SSSR count). The molecule has 0 radical (unpaired) electrons. The molecule has 0 unspecified atom stereocenters. The molecule has 1 aromatic carbocycles. The van der Waals surface area contributed by atoms with Crippen molar-refractivity contribution in [2.24, 2.45) is 0 Å². The van der Waals surface area contributed by atoms with Crippen molar-refractivity contribution in [3.63, 3.8) is 0 Å². The second-order valence-corrected chi connectivity index (χ2v) is 8.51. The first-order valence-electron chi connectivity index (χ1n) is 8.13. The SMILES string of the molecule is Cc1cn2c(C=CC(=O)c3cccs3)c(-c3ccc(Cl)c([N+](=O)[O-])c3)nc2s1. The van der Waals surface area contributed by atoms with Gasteiger partial charge in [0.05, 0.1) is 21.2 Å². The van der Waals surface area contributed by atoms with Gasteiger partial charge in [-0.05, 0) is 36.6 Å². The number of imidazole rings is 1. The standard InChI is InChI=1S/C19H12ClN3O3S2/c1-11-10-22-14(6-7-16(24)17-3-2-8-27-17)18(21-19(22)28-11)12-4-5-13(20)15(9-12)23(25)26/h2-10H,1H3. The number of allylic oxidation sites excluding steroid dienone is 1. The summed E-state index contributed by atoms with van der Waals surface area (Å²) >= 11 is 8.81. The lowest BCUT2D eigenvalue weighted by Crippen LogP contribution is -1.93. The van der Waals surface area contributed by atoms with Gasteiger partial charge in [0.2, 0.25) is 0 Å². The average molecular weight is 430 g/mol. The number of benzene rings is 1. The van der Waals surface area contributed by atoms with Crippen LogP contribution in [0.15, 0.2) is 48.0 Å². The summed E-state index contributed by atoms with van der Waals surface area (Å²) in [5.74, 6) is -0.107. The number of nitro groups is 1. The number of thiophene rings is 1. The summed E-state index contributed by atoms with van der Waals surface area (Å²) in [5, 5.41) is 13.2. The normalized spacial score (nSPS) is 11.5. The molecule has 28 heavy (non-hydrogen) atoms. The Morgan fingerprint density at radius 3 is 2.89 bits per heavy atom. The predicted octanol–water partition coefficient (Wildman–Crippen LogP) is 5.89. The summed E-state index contributed by atoms with van der Waals surface area (Å²) in [6.45, 7) is 1.97. The van der Waals surface area contributed by atoms with E-state index in [4.69, 9.17) is 11.6 Å². The molecule has 0 amide bonds. The van der Waals surface area contributed by atoms with Crippen LogP contribution in [0.1, 0.15) is 20.2 Å². The van der Waals surface area contributed by atoms with E-state index in [2.05, 4.69) is 4.98 Å². The molecule has 6 nitrogen and oxygen atoms in total. The van der Waals surface area contributed by atoms with Crippen LogP contribution in [0.4, 0.5) is 5.69 Å². The lowest BCUT2D eigenvalue weighted by molar-refractivity contribution is -0.384. The number of hydrogen-bond acceptors (Lipinski definition) is 6. The third-order valence-corrected chi connectivity index (χ3v) is 6.15. The highest BCUT2D eigenvalue weighted by molar-refractivity contribution is 7.17. The number of halogens is 1. The number of carbonyl (C=O) groups is 1. The third kappa shape index (κ3) is 3.37. The van der Waals surface area contributed by atoms with Crippen LogP contribution in [0.25, 0.3) is 22.3 Å². The summed E-state index contributed by atoms with van der Waals surface area (Å²) in [6.07, 6.45) is 5.12. The second kappa shape index (κ2) is 7.31. The summed E-state index contributed by atoms with van der Waals surface area (Å²) in [4.78, 5) is 30.2. The van der Waals surface area contributed by atoms with E-state index in [1.807, 2.05) is 29.0 Å². The Hall–Kier alpha value is -2.81. The molecule has 0 aliphatic rings. The van der Waals surface area contributed by atoms with Gasteiger partial charge in [-0.15, -0.1) is 22.7 Å². The molecular weight excluding hydrogens is 418 g/mol. The minimum Gasteiger partial charge on any atom is -0.290 e. The van der Waals surface area contributed by atoms with Gasteiger partial charge in [-0.2, -0.15) is 0 Å². The maximum atomic E-state index is 12.4. The Balaban J connectivity index is 1.84. The molecular formula is C19H12ClN3O3S2. The van der Waals surface area contributed by atoms with E-state index in [9.17, 15) is 14.9 Å². The van der Waals surface area contributed by atoms with E-state index in [-0.39, 0.29) is 16.5 Å². The number of ketones is 1. The monoisotopic (exact) mass is 429 g/mol. The Morgan fingerprint density at radius 2 is 2.18 bits per heavy atom. The summed E-state index contributed by atoms with van der Waals surface area (Å²) in [5.41, 5.74) is 1.62. The first kappa shape index (κ1) is 18.5. The predicted molar refractivity (Wildman–Crippen MR) is 113 cm³/mol. The van der Waals surface area contributed by atoms with Crippen molar-refractivity contribution in [2.75, 3.05) is 0 Å². The van der Waals surface area contributed by atoms with E-state index in [0.29, 0.717) is 21.8 Å². The van der Waals surface area contributed by atoms with Crippen molar-refractivity contribution in [1.82, 2.24) is 9.38 Å². The zero-order valence-corrected chi connectivity index (χ0v) is 16.8. The maximum absolute atomic E-state index is 12.4. The molecule has 9 heteroatoms. The zero-order chi connectivity index (χ0) is 19.8. The van der Waals surface area contributed by atoms with Crippen LogP contribution < -0.4 is 0 Å².